The predicted octanol–water partition coefficient (Wildman–Crippen LogP) is 8.47. The lowest BCUT2D eigenvalue weighted by Crippen LogP contribution is -1.93. The van der Waals surface area contributed by atoms with Crippen LogP contribution in [0, 0.1) is 0 Å². The molecule has 0 aliphatic carbocycles. The van der Waals surface area contributed by atoms with Crippen LogP contribution < -0.4 is 0 Å². The molecule has 0 fully saturated rings. The summed E-state index contributed by atoms with van der Waals surface area (Å²) in [5, 5.41) is 5.23. The first-order valence-corrected chi connectivity index (χ1v) is 12.5. The van der Waals surface area contributed by atoms with Crippen molar-refractivity contribution in [1.29, 1.82) is 0 Å². The van der Waals surface area contributed by atoms with Gasteiger partial charge in [-0.05, 0) is 48.5 Å². The van der Waals surface area contributed by atoms with Gasteiger partial charge in [0.1, 0.15) is 5.65 Å². The molecule has 3 nitrogen and oxygen atoms in total. The largest absolute Gasteiger partial charge is 0.309 e. The number of pyridine rings is 1. The molecule has 8 aromatic rings. The van der Waals surface area contributed by atoms with Gasteiger partial charge in [0.05, 0.1) is 16.7 Å². The highest BCUT2D eigenvalue weighted by Crippen LogP contribution is 2.40. The minimum absolute atomic E-state index is 0.959. The number of imidazole rings is 1. The van der Waals surface area contributed by atoms with Crippen LogP contribution in [0.5, 0.6) is 0 Å². The summed E-state index contributed by atoms with van der Waals surface area (Å²) < 4.78 is 7.13. The van der Waals surface area contributed by atoms with Gasteiger partial charge in [0.2, 0.25) is 0 Å². The zero-order valence-electron chi connectivity index (χ0n) is 18.7. The quantitative estimate of drug-likeness (QED) is 0.251. The molecule has 4 heteroatoms. The van der Waals surface area contributed by atoms with Gasteiger partial charge >= 0.3 is 0 Å². The highest BCUT2D eigenvalue weighted by molar-refractivity contribution is 7.25. The lowest BCUT2D eigenvalue weighted by molar-refractivity contribution is 1.18. The third-order valence-corrected chi connectivity index (χ3v) is 8.09. The normalized spacial score (nSPS) is 12.0. The molecule has 0 aliphatic rings. The van der Waals surface area contributed by atoms with E-state index in [0.29, 0.717) is 0 Å². The molecule has 0 atom stereocenters. The van der Waals surface area contributed by atoms with Crippen LogP contribution in [0.2, 0.25) is 0 Å². The molecule has 0 aliphatic heterocycles. The monoisotopic (exact) mass is 465 g/mol. The Bertz CT molecular complexity index is 2020. The van der Waals surface area contributed by atoms with Crippen molar-refractivity contribution >= 4 is 59.0 Å². The molecular weight excluding hydrogens is 446 g/mol. The van der Waals surface area contributed by atoms with Crippen molar-refractivity contribution in [1.82, 2.24) is 14.0 Å². The smallest absolute Gasteiger partial charge is 0.137 e. The Labute approximate surface area is 205 Å². The third kappa shape index (κ3) is 2.74. The summed E-state index contributed by atoms with van der Waals surface area (Å²) in [6, 6.07) is 37.0. The molecule has 8 rings (SSSR count). The van der Waals surface area contributed by atoms with E-state index in [4.69, 9.17) is 4.98 Å². The van der Waals surface area contributed by atoms with E-state index in [-0.39, 0.29) is 0 Å². The van der Waals surface area contributed by atoms with E-state index in [2.05, 4.69) is 100 Å². The van der Waals surface area contributed by atoms with E-state index in [1.165, 1.54) is 42.0 Å². The molecule has 35 heavy (non-hydrogen) atoms. The van der Waals surface area contributed by atoms with E-state index in [1.807, 2.05) is 35.7 Å². The molecule has 0 bridgehead atoms. The number of fused-ring (bicyclic) bond motifs is 7. The van der Waals surface area contributed by atoms with Crippen molar-refractivity contribution < 1.29 is 0 Å². The molecular formula is C31H19N3S. The first kappa shape index (κ1) is 19.0. The van der Waals surface area contributed by atoms with Gasteiger partial charge in [0, 0.05) is 54.6 Å². The van der Waals surface area contributed by atoms with Crippen LogP contribution in [0.25, 0.3) is 64.6 Å². The van der Waals surface area contributed by atoms with E-state index in [9.17, 15) is 0 Å². The molecule has 0 amide bonds. The van der Waals surface area contributed by atoms with Crippen molar-refractivity contribution in [2.24, 2.45) is 0 Å². The highest BCUT2D eigenvalue weighted by Gasteiger charge is 2.15. The summed E-state index contributed by atoms with van der Waals surface area (Å²) in [6.07, 6.45) is 4.12. The molecule has 0 N–H and O–H groups in total. The third-order valence-electron chi connectivity index (χ3n) is 6.96. The zero-order chi connectivity index (χ0) is 22.9. The number of rotatable bonds is 2. The molecule has 0 radical (unpaired) electrons. The molecule has 4 aromatic carbocycles. The van der Waals surface area contributed by atoms with Crippen LogP contribution in [-0.4, -0.2) is 14.0 Å². The predicted molar refractivity (Wildman–Crippen MR) is 148 cm³/mol. The highest BCUT2D eigenvalue weighted by atomic mass is 32.1. The Morgan fingerprint density at radius 2 is 1.40 bits per heavy atom. The maximum Gasteiger partial charge on any atom is 0.137 e. The van der Waals surface area contributed by atoms with Crippen LogP contribution in [0.1, 0.15) is 0 Å². The number of aromatic nitrogens is 3. The van der Waals surface area contributed by atoms with Crippen LogP contribution in [-0.2, 0) is 0 Å². The maximum atomic E-state index is 4.79. The van der Waals surface area contributed by atoms with E-state index < -0.39 is 0 Å². The summed E-state index contributed by atoms with van der Waals surface area (Å²) in [4.78, 5) is 4.79. The summed E-state index contributed by atoms with van der Waals surface area (Å²) in [7, 11) is 0. The SMILES string of the molecule is c1ccc2c(c1)sc1cc3c4ccccc4n(-c4ccc(-c5cn6ccccc6n5)cc4)c3cc12. The van der Waals surface area contributed by atoms with Crippen LogP contribution in [0.3, 0.4) is 0 Å². The average molecular weight is 466 g/mol. The maximum absolute atomic E-state index is 4.79. The van der Waals surface area contributed by atoms with Crippen molar-refractivity contribution in [2.45, 2.75) is 0 Å². The Balaban J connectivity index is 1.36. The first-order chi connectivity index (χ1) is 17.3. The van der Waals surface area contributed by atoms with Crippen LogP contribution in [0.15, 0.2) is 116 Å². The van der Waals surface area contributed by atoms with Crippen LogP contribution in [0.4, 0.5) is 0 Å². The van der Waals surface area contributed by atoms with Crippen molar-refractivity contribution in [3.05, 3.63) is 116 Å². The molecule has 0 saturated heterocycles. The number of hydrogen-bond donors (Lipinski definition) is 0. The summed E-state index contributed by atoms with van der Waals surface area (Å²) >= 11 is 1.87. The molecule has 4 heterocycles. The number of benzene rings is 4. The fraction of sp³-hybridized carbons (Fsp3) is 0. The van der Waals surface area contributed by atoms with Gasteiger partial charge in [0.25, 0.3) is 0 Å². The van der Waals surface area contributed by atoms with Gasteiger partial charge in [-0.1, -0.05) is 54.6 Å². The second-order valence-electron chi connectivity index (χ2n) is 8.96. The number of hydrogen-bond acceptors (Lipinski definition) is 2. The van der Waals surface area contributed by atoms with Crippen molar-refractivity contribution in [3.63, 3.8) is 0 Å². The Kier molecular flexibility index (Phi) is 3.82. The minimum atomic E-state index is 0.959. The fourth-order valence-corrected chi connectivity index (χ4v) is 6.45. The van der Waals surface area contributed by atoms with Gasteiger partial charge in [-0.3, -0.25) is 0 Å². The van der Waals surface area contributed by atoms with Gasteiger partial charge < -0.3 is 8.97 Å². The molecule has 164 valence electrons. The number of para-hydroxylation sites is 1. The van der Waals surface area contributed by atoms with E-state index in [1.54, 1.807) is 0 Å². The second kappa shape index (κ2) is 7.05. The number of thiophene rings is 1. The summed E-state index contributed by atoms with van der Waals surface area (Å²) in [6.45, 7) is 0. The molecule has 0 unspecified atom stereocenters. The molecule has 4 aromatic heterocycles. The van der Waals surface area contributed by atoms with Gasteiger partial charge in [0.15, 0.2) is 0 Å². The first-order valence-electron chi connectivity index (χ1n) is 11.7. The van der Waals surface area contributed by atoms with Crippen LogP contribution >= 0.6 is 11.3 Å². The standard InChI is InChI=1S/C31H19N3S/c1-3-9-27-22(7-1)24-18-30-25(23-8-2-4-10-29(23)35-30)17-28(24)34(27)21-14-12-20(13-15-21)26-19-33-16-6-5-11-31(33)32-26/h1-19H. The average Bonchev–Trinajstić information content (AvgIpc) is 3.59. The zero-order valence-corrected chi connectivity index (χ0v) is 19.5. The van der Waals surface area contributed by atoms with Gasteiger partial charge in [-0.15, -0.1) is 11.3 Å². The second-order valence-corrected chi connectivity index (χ2v) is 10.0. The molecule has 0 spiro atoms. The Morgan fingerprint density at radius 3 is 2.29 bits per heavy atom. The fourth-order valence-electron chi connectivity index (χ4n) is 5.32. The Hall–Kier alpha value is -4.41. The summed E-state index contributed by atoms with van der Waals surface area (Å²) in [5.41, 5.74) is 6.68. The van der Waals surface area contributed by atoms with Gasteiger partial charge in [-0.25, -0.2) is 4.98 Å². The Morgan fingerprint density at radius 1 is 0.600 bits per heavy atom. The number of nitrogens with zero attached hydrogens (tertiary/aromatic N) is 3. The molecule has 0 saturated carbocycles. The van der Waals surface area contributed by atoms with Crippen molar-refractivity contribution in [2.75, 3.05) is 0 Å². The van der Waals surface area contributed by atoms with Gasteiger partial charge in [-0.2, -0.15) is 0 Å². The lowest BCUT2D eigenvalue weighted by Gasteiger charge is -2.09. The van der Waals surface area contributed by atoms with Crippen molar-refractivity contribution in [3.8, 4) is 16.9 Å². The van der Waals surface area contributed by atoms with E-state index in [0.717, 1.165) is 22.6 Å². The van der Waals surface area contributed by atoms with E-state index >= 15 is 0 Å². The lowest BCUT2D eigenvalue weighted by atomic mass is 10.1. The topological polar surface area (TPSA) is 22.2 Å². The minimum Gasteiger partial charge on any atom is -0.309 e. The summed E-state index contributed by atoms with van der Waals surface area (Å²) in [5.74, 6) is 0.